The van der Waals surface area contributed by atoms with Crippen molar-refractivity contribution in [2.24, 2.45) is 0 Å². The smallest absolute Gasteiger partial charge is 0.187 e. The molecule has 0 aromatic rings. The molecule has 0 aromatic heterocycles. The van der Waals surface area contributed by atoms with Crippen LogP contribution < -0.4 is 5.32 Å². The Morgan fingerprint density at radius 2 is 0.419 bits per heavy atom. The predicted octanol–water partition coefficient (Wildman–Crippen LogP) is -11.9. The Balaban J connectivity index is 1.08. The molecule has 0 radical (unpaired) electrons. The van der Waals surface area contributed by atoms with Crippen LogP contribution in [0.4, 0.5) is 0 Å². The van der Waals surface area contributed by atoms with Gasteiger partial charge in [0.05, 0.1) is 39.6 Å². The van der Waals surface area contributed by atoms with Gasteiger partial charge in [-0.25, -0.2) is 0 Å². The number of hydrogen-bond acceptors (Lipinski definition) is 35. The first-order chi connectivity index (χ1) is 41.2. The summed E-state index contributed by atoms with van der Waals surface area (Å²) in [7, 11) is 0. The second-order valence-electron chi connectivity index (χ2n) is 22.5. The maximum absolute atomic E-state index is 11.8. The van der Waals surface area contributed by atoms with Gasteiger partial charge in [0.15, 0.2) is 44.0 Å². The van der Waals surface area contributed by atoms with Crippen LogP contribution in [-0.2, 0) is 66.3 Å². The van der Waals surface area contributed by atoms with E-state index in [0.29, 0.717) is 13.0 Å². The topological polar surface area (TPSA) is 546 Å². The van der Waals surface area contributed by atoms with Crippen LogP contribution in [0.25, 0.3) is 0 Å². The van der Waals surface area contributed by atoms with Crippen molar-refractivity contribution in [1.29, 1.82) is 0 Å². The van der Waals surface area contributed by atoms with Gasteiger partial charge in [-0.05, 0) is 23.8 Å². The zero-order chi connectivity index (χ0) is 62.4. The predicted molar refractivity (Wildman–Crippen MR) is 281 cm³/mol. The summed E-state index contributed by atoms with van der Waals surface area (Å²) in [5, 5.41) is 227. The fourth-order valence-corrected chi connectivity index (χ4v) is 12.3. The summed E-state index contributed by atoms with van der Waals surface area (Å²) < 4.78 is 82.6. The highest BCUT2D eigenvalue weighted by Gasteiger charge is 2.59. The first-order valence-corrected chi connectivity index (χ1v) is 30.3. The lowest BCUT2D eigenvalue weighted by Crippen LogP contribution is -2.68. The Morgan fingerprint density at radius 1 is 0.233 bits per heavy atom. The summed E-state index contributed by atoms with van der Waals surface area (Å²) >= 11 is 2.31. The highest BCUT2D eigenvalue weighted by atomic mass is 127. The first-order valence-electron chi connectivity index (χ1n) is 28.8. The minimum Gasteiger partial charge on any atom is -0.394 e. The van der Waals surface area contributed by atoms with Crippen LogP contribution in [0.2, 0.25) is 0 Å². The maximum atomic E-state index is 11.8. The van der Waals surface area contributed by atoms with Gasteiger partial charge in [0.1, 0.15) is 171 Å². The highest BCUT2D eigenvalue weighted by molar-refractivity contribution is 14.1. The van der Waals surface area contributed by atoms with Crippen molar-refractivity contribution in [3.05, 3.63) is 0 Å². The lowest BCUT2D eigenvalue weighted by Gasteiger charge is -2.50. The molecule has 86 heavy (non-hydrogen) atoms. The molecule has 0 unspecified atom stereocenters. The third kappa shape index (κ3) is 15.6. The molecule has 0 spiro atoms. The van der Waals surface area contributed by atoms with Gasteiger partial charge in [-0.2, -0.15) is 0 Å². The van der Waals surface area contributed by atoms with Crippen LogP contribution in [0.15, 0.2) is 0 Å². The van der Waals surface area contributed by atoms with E-state index in [0.717, 1.165) is 36.5 Å². The SMILES string of the molecule is OC[C@H]1O[C@@H]2O[C@H]3[C@H](O)[C@@H](O)[C@@H](O[C@H]4[C@H](O)[C@@H](O)[C@@H](O[C@H]5[C@H](O)[C@@H](O)[C@@H](O[C@H]6[C@H](O)[C@@H](O)[C@@H](O[C@H]7[C@H](O)[C@@H](O)[C@@H](O[C@H]8[C@H](O)[C@@H](O)[C@@H](O[C@H]1[C@H](O)[C@H]2O)O[C@@H]8CO)O[C@@H]7CO)O[C@@H]6CO)O[C@@H]5CNCCCCCCCCI)O[C@@H]4CO)O[C@@H]3CO. The largest absolute Gasteiger partial charge is 0.394 e. The van der Waals surface area contributed by atoms with Crippen LogP contribution in [0.5, 0.6) is 0 Å². The number of rotatable bonds is 16. The van der Waals surface area contributed by atoms with Crippen molar-refractivity contribution in [2.75, 3.05) is 57.2 Å². The number of halogens is 1. The Labute approximate surface area is 505 Å². The lowest BCUT2D eigenvalue weighted by molar-refractivity contribution is -0.396. The lowest BCUT2D eigenvalue weighted by atomic mass is 9.95. The molecule has 35 nitrogen and oxygen atoms in total. The van der Waals surface area contributed by atoms with Crippen LogP contribution >= 0.6 is 22.6 Å². The average Bonchev–Trinajstić information content (AvgIpc) is 2.87. The molecule has 36 heteroatoms. The van der Waals surface area contributed by atoms with E-state index in [-0.39, 0.29) is 6.54 Å². The molecule has 21 saturated heterocycles. The molecule has 21 fully saturated rings. The molecule has 35 atom stereocenters. The summed E-state index contributed by atoms with van der Waals surface area (Å²) in [6, 6.07) is 0. The fraction of sp³-hybridized carbons (Fsp3) is 1.00. The van der Waals surface area contributed by atoms with Gasteiger partial charge >= 0.3 is 0 Å². The summed E-state index contributed by atoms with van der Waals surface area (Å²) in [6.45, 7) is -5.93. The normalized spacial score (nSPS) is 50.8. The Hall–Kier alpha value is -0.670. The van der Waals surface area contributed by atoms with Gasteiger partial charge in [0.2, 0.25) is 0 Å². The van der Waals surface area contributed by atoms with E-state index in [9.17, 15) is 102 Å². The van der Waals surface area contributed by atoms with E-state index >= 15 is 0 Å². The fourth-order valence-electron chi connectivity index (χ4n) is 11.7. The van der Waals surface area contributed by atoms with E-state index in [4.69, 9.17) is 66.3 Å². The van der Waals surface area contributed by atoms with Crippen LogP contribution in [-0.4, -0.2) is 374 Å². The van der Waals surface area contributed by atoms with Gasteiger partial charge in [-0.15, -0.1) is 0 Å². The maximum Gasteiger partial charge on any atom is 0.187 e. The molecule has 0 aromatic carbocycles. The molecule has 21 rings (SSSR count). The number of alkyl halides is 1. The number of unbranched alkanes of at least 4 members (excludes halogenated alkanes) is 5. The molecule has 0 saturated carbocycles. The number of aliphatic hydroxyl groups excluding tert-OH is 20. The molecule has 0 amide bonds. The van der Waals surface area contributed by atoms with Gasteiger partial charge in [-0.1, -0.05) is 48.3 Å². The third-order valence-corrected chi connectivity index (χ3v) is 17.4. The van der Waals surface area contributed by atoms with E-state index in [1.165, 1.54) is 0 Å². The third-order valence-electron chi connectivity index (χ3n) is 16.7. The van der Waals surface area contributed by atoms with Gasteiger partial charge in [0.25, 0.3) is 0 Å². The molecular weight excluding hydrogens is 1290 g/mol. The Bertz CT molecular complexity index is 1990. The van der Waals surface area contributed by atoms with E-state index in [1.54, 1.807) is 0 Å². The standard InChI is InChI=1S/C50H86INO34/c51-7-5-3-1-2-4-6-8-52-9-16-37-23(59)30(66)44(73-16)81-38-17(10-53)75-46(32(68)25(38)61)83-40-19(12-55)77-48(34(70)27(40)63)85-42-21(14-57)79-50(36(72)29(42)65)86-43-22(15-58)78-49(35(71)28(43)64)84-41-20(13-56)76-47(33(69)26(41)62)82-39-18(11-54)74-45(80-37)31(67)24(39)60/h16-50,52-72H,1-15H2/t16-,17-,18-,19-,20-,21-,22-,23-,24-,25-,26-,27-,28-,29-,30-,31-,32-,33-,34-,35-,36-,37-,38-,39-,40-,41-,42-,43-,44-,45-,46-,47-,48-,49-,50-/m1/s1. The van der Waals surface area contributed by atoms with Gasteiger partial charge in [-0.3, -0.25) is 0 Å². The zero-order valence-electron chi connectivity index (χ0n) is 46.4. The molecule has 14 bridgehead atoms. The van der Waals surface area contributed by atoms with Gasteiger partial charge < -0.3 is 174 Å². The van der Waals surface area contributed by atoms with Crippen molar-refractivity contribution >= 4 is 22.6 Å². The summed E-state index contributed by atoms with van der Waals surface area (Å²) in [6.07, 6.45) is -63.1. The number of nitrogens with one attached hydrogen (secondary N) is 1. The molecule has 0 aliphatic carbocycles. The van der Waals surface area contributed by atoms with Crippen molar-refractivity contribution in [3.8, 4) is 0 Å². The first kappa shape index (κ1) is 71.2. The second-order valence-corrected chi connectivity index (χ2v) is 23.6. The molecule has 21 aliphatic rings. The molecular formula is C50H86INO34. The molecule has 21 aliphatic heterocycles. The van der Waals surface area contributed by atoms with Crippen LogP contribution in [0, 0.1) is 0 Å². The molecule has 21 N–H and O–H groups in total. The quantitative estimate of drug-likeness (QED) is 0.0388. The van der Waals surface area contributed by atoms with Crippen LogP contribution in [0.1, 0.15) is 38.5 Å². The number of hydrogen-bond donors (Lipinski definition) is 21. The minimum atomic E-state index is -2.20. The van der Waals surface area contributed by atoms with E-state index in [2.05, 4.69) is 27.9 Å². The average molecular weight is 1370 g/mol. The molecule has 21 heterocycles. The molecule has 502 valence electrons. The van der Waals surface area contributed by atoms with Crippen molar-refractivity contribution in [3.63, 3.8) is 0 Å². The summed E-state index contributed by atoms with van der Waals surface area (Å²) in [5.41, 5.74) is 0. The summed E-state index contributed by atoms with van der Waals surface area (Å²) in [4.78, 5) is 0. The zero-order valence-corrected chi connectivity index (χ0v) is 48.5. The monoisotopic (exact) mass is 1370 g/mol. The van der Waals surface area contributed by atoms with Crippen molar-refractivity contribution in [1.82, 2.24) is 5.32 Å². The van der Waals surface area contributed by atoms with Crippen LogP contribution in [0.3, 0.4) is 0 Å². The van der Waals surface area contributed by atoms with Gasteiger partial charge in [0, 0.05) is 6.54 Å². The van der Waals surface area contributed by atoms with E-state index in [1.807, 2.05) is 0 Å². The number of ether oxygens (including phenoxy) is 14. The van der Waals surface area contributed by atoms with E-state index < -0.39 is 255 Å². The van der Waals surface area contributed by atoms with Crippen molar-refractivity contribution < 1.29 is 168 Å². The van der Waals surface area contributed by atoms with Crippen molar-refractivity contribution in [2.45, 2.75) is 253 Å². The Kier molecular flexibility index (Phi) is 26.9. The second kappa shape index (κ2) is 32.5. The summed E-state index contributed by atoms with van der Waals surface area (Å²) in [5.74, 6) is 0. The highest BCUT2D eigenvalue weighted by Crippen LogP contribution is 2.39. The minimum absolute atomic E-state index is 0.177. The Morgan fingerprint density at radius 3 is 0.628 bits per heavy atom. The number of aliphatic hydroxyl groups is 20.